The molecule has 0 bridgehead atoms. The lowest BCUT2D eigenvalue weighted by Gasteiger charge is -2.07. The second kappa shape index (κ2) is 8.24. The van der Waals surface area contributed by atoms with E-state index in [4.69, 9.17) is 9.47 Å². The number of halogens is 2. The van der Waals surface area contributed by atoms with Crippen molar-refractivity contribution in [1.82, 2.24) is 14.4 Å². The number of hydrogen-bond acceptors (Lipinski definition) is 5. The van der Waals surface area contributed by atoms with Gasteiger partial charge in [-0.1, -0.05) is 6.07 Å². The number of ketones is 1. The summed E-state index contributed by atoms with van der Waals surface area (Å²) in [4.78, 5) is 21.0. The molecule has 1 fully saturated rings. The Kier molecular flexibility index (Phi) is 5.53. The molecule has 4 heterocycles. The van der Waals surface area contributed by atoms with Crippen LogP contribution in [0.1, 0.15) is 40.3 Å². The second-order valence-electron chi connectivity index (χ2n) is 7.16. The van der Waals surface area contributed by atoms with Crippen molar-refractivity contribution in [3.8, 4) is 5.75 Å². The number of nitrogens with zero attached hydrogens (tertiary/aromatic N) is 3. The molecule has 0 amide bonds. The van der Waals surface area contributed by atoms with Crippen molar-refractivity contribution in [3.05, 3.63) is 59.3 Å². The first kappa shape index (κ1) is 19.4. The number of methoxy groups -OCH3 is 1. The molecular weight excluding hydrogens is 380 g/mol. The number of fused-ring (bicyclic) bond motifs is 1. The third-order valence-corrected chi connectivity index (χ3v) is 5.01. The molecule has 152 valence electrons. The molecule has 1 atom stereocenters. The average Bonchev–Trinajstić information content (AvgIpc) is 3.37. The Hall–Kier alpha value is -2.87. The minimum atomic E-state index is -2.71. The summed E-state index contributed by atoms with van der Waals surface area (Å²) in [5.74, 6) is 0.677. The van der Waals surface area contributed by atoms with E-state index < -0.39 is 12.1 Å². The fourth-order valence-electron chi connectivity index (χ4n) is 3.56. The van der Waals surface area contributed by atoms with Crippen molar-refractivity contribution in [2.75, 3.05) is 20.3 Å². The molecule has 0 aliphatic carbocycles. The Morgan fingerprint density at radius 2 is 2.21 bits per heavy atom. The third-order valence-electron chi connectivity index (χ3n) is 5.01. The van der Waals surface area contributed by atoms with E-state index >= 15 is 0 Å². The first-order chi connectivity index (χ1) is 14.0. The van der Waals surface area contributed by atoms with Crippen LogP contribution in [-0.2, 0) is 17.6 Å². The topological polar surface area (TPSA) is 65.7 Å². The normalized spacial score (nSPS) is 16.6. The minimum Gasteiger partial charge on any atom is -0.493 e. The van der Waals surface area contributed by atoms with Crippen LogP contribution in [0.4, 0.5) is 8.78 Å². The number of pyridine rings is 2. The molecule has 1 unspecified atom stereocenters. The molecule has 0 spiro atoms. The molecular formula is C21H21F2N3O3. The van der Waals surface area contributed by atoms with Crippen LogP contribution in [0.5, 0.6) is 5.75 Å². The maximum Gasteiger partial charge on any atom is 0.280 e. The number of Topliss-reactive ketones (excluding diaryl/α,β-unsaturated/α-hetero) is 1. The van der Waals surface area contributed by atoms with Crippen LogP contribution in [0.15, 0.2) is 36.7 Å². The highest BCUT2D eigenvalue weighted by molar-refractivity contribution is 5.95. The molecule has 3 aromatic rings. The molecule has 0 radical (unpaired) electrons. The van der Waals surface area contributed by atoms with Gasteiger partial charge in [0, 0.05) is 32.0 Å². The van der Waals surface area contributed by atoms with Crippen molar-refractivity contribution >= 4 is 11.4 Å². The van der Waals surface area contributed by atoms with Crippen molar-refractivity contribution in [2.24, 2.45) is 5.92 Å². The van der Waals surface area contributed by atoms with Crippen LogP contribution in [0.2, 0.25) is 0 Å². The predicted molar refractivity (Wildman–Crippen MR) is 102 cm³/mol. The van der Waals surface area contributed by atoms with E-state index in [2.05, 4.69) is 9.97 Å². The summed E-state index contributed by atoms with van der Waals surface area (Å²) in [5.41, 5.74) is 1.93. The van der Waals surface area contributed by atoms with Gasteiger partial charge in [0.2, 0.25) is 0 Å². The van der Waals surface area contributed by atoms with E-state index in [9.17, 15) is 13.6 Å². The standard InChI is InChI=1S/C21H21F2N3O3/c1-28-19-9-14(8-18(27)16-3-2-4-17(25-16)20(22)23)10-26-11-15(24-21(19)26)7-13-5-6-29-12-13/h2-4,9-11,13,20H,5-8,12H2,1H3. The molecule has 1 aliphatic rings. The molecule has 29 heavy (non-hydrogen) atoms. The van der Waals surface area contributed by atoms with E-state index in [1.807, 2.05) is 16.8 Å². The quantitative estimate of drug-likeness (QED) is 0.565. The van der Waals surface area contributed by atoms with Crippen molar-refractivity contribution < 1.29 is 23.0 Å². The Labute approximate surface area is 166 Å². The SMILES string of the molecule is COc1cc(CC(=O)c2cccc(C(F)F)n2)cn2cc(CC3CCOC3)nc12. The van der Waals surface area contributed by atoms with Gasteiger partial charge in [0.05, 0.1) is 12.8 Å². The zero-order valence-electron chi connectivity index (χ0n) is 16.0. The van der Waals surface area contributed by atoms with Crippen LogP contribution in [-0.4, -0.2) is 40.5 Å². The fraction of sp³-hybridized carbons (Fsp3) is 0.381. The Bertz CT molecular complexity index is 1030. The van der Waals surface area contributed by atoms with Gasteiger partial charge < -0.3 is 13.9 Å². The van der Waals surface area contributed by atoms with Crippen LogP contribution < -0.4 is 4.74 Å². The van der Waals surface area contributed by atoms with Crippen molar-refractivity contribution in [2.45, 2.75) is 25.7 Å². The number of hydrogen-bond donors (Lipinski definition) is 0. The average molecular weight is 401 g/mol. The highest BCUT2D eigenvalue weighted by Gasteiger charge is 2.19. The van der Waals surface area contributed by atoms with Gasteiger partial charge >= 0.3 is 0 Å². The van der Waals surface area contributed by atoms with Crippen LogP contribution >= 0.6 is 0 Å². The lowest BCUT2D eigenvalue weighted by atomic mass is 10.0. The number of ether oxygens (including phenoxy) is 2. The van der Waals surface area contributed by atoms with Gasteiger partial charge in [-0.05, 0) is 42.5 Å². The Morgan fingerprint density at radius 1 is 1.34 bits per heavy atom. The fourth-order valence-corrected chi connectivity index (χ4v) is 3.56. The lowest BCUT2D eigenvalue weighted by molar-refractivity contribution is 0.0986. The molecule has 0 N–H and O–H groups in total. The molecule has 4 rings (SSSR count). The minimum absolute atomic E-state index is 0.0226. The summed E-state index contributed by atoms with van der Waals surface area (Å²) in [6.07, 6.45) is 2.90. The first-order valence-corrected chi connectivity index (χ1v) is 9.44. The highest BCUT2D eigenvalue weighted by Crippen LogP contribution is 2.25. The predicted octanol–water partition coefficient (Wildman–Crippen LogP) is 3.68. The van der Waals surface area contributed by atoms with Gasteiger partial charge in [-0.3, -0.25) is 4.79 Å². The second-order valence-corrected chi connectivity index (χ2v) is 7.16. The number of imidazole rings is 1. The smallest absolute Gasteiger partial charge is 0.280 e. The summed E-state index contributed by atoms with van der Waals surface area (Å²) in [5, 5.41) is 0. The molecule has 0 saturated carbocycles. The van der Waals surface area contributed by atoms with E-state index in [0.29, 0.717) is 22.9 Å². The molecule has 1 saturated heterocycles. The van der Waals surface area contributed by atoms with Crippen molar-refractivity contribution in [1.29, 1.82) is 0 Å². The monoisotopic (exact) mass is 401 g/mol. The van der Waals surface area contributed by atoms with E-state index in [-0.39, 0.29) is 17.9 Å². The molecule has 1 aliphatic heterocycles. The van der Waals surface area contributed by atoms with Gasteiger partial charge in [-0.25, -0.2) is 18.7 Å². The van der Waals surface area contributed by atoms with Crippen LogP contribution in [0, 0.1) is 5.92 Å². The zero-order chi connectivity index (χ0) is 20.4. The number of rotatable bonds is 7. The van der Waals surface area contributed by atoms with Crippen LogP contribution in [0.25, 0.3) is 5.65 Å². The highest BCUT2D eigenvalue weighted by atomic mass is 19.3. The van der Waals surface area contributed by atoms with Gasteiger partial charge in [0.25, 0.3) is 6.43 Å². The number of carbonyl (C=O) groups is 1. The van der Waals surface area contributed by atoms with Gasteiger partial charge in [0.15, 0.2) is 17.2 Å². The summed E-state index contributed by atoms with van der Waals surface area (Å²) >= 11 is 0. The number of aromatic nitrogens is 3. The zero-order valence-corrected chi connectivity index (χ0v) is 16.0. The largest absolute Gasteiger partial charge is 0.493 e. The van der Waals surface area contributed by atoms with E-state index in [1.54, 1.807) is 13.2 Å². The number of carbonyl (C=O) groups excluding carboxylic acids is 1. The van der Waals surface area contributed by atoms with Crippen molar-refractivity contribution in [3.63, 3.8) is 0 Å². The summed E-state index contributed by atoms with van der Waals surface area (Å²) in [6, 6.07) is 5.82. The summed E-state index contributed by atoms with van der Waals surface area (Å²) in [6.45, 7) is 1.53. The first-order valence-electron chi connectivity index (χ1n) is 9.44. The molecule has 3 aromatic heterocycles. The molecule has 8 heteroatoms. The Morgan fingerprint density at radius 3 is 2.93 bits per heavy atom. The van der Waals surface area contributed by atoms with Crippen LogP contribution in [0.3, 0.4) is 0 Å². The van der Waals surface area contributed by atoms with E-state index in [1.165, 1.54) is 18.2 Å². The van der Waals surface area contributed by atoms with Gasteiger partial charge in [-0.2, -0.15) is 0 Å². The van der Waals surface area contributed by atoms with Gasteiger partial charge in [0.1, 0.15) is 11.4 Å². The maximum atomic E-state index is 12.9. The summed E-state index contributed by atoms with van der Waals surface area (Å²) in [7, 11) is 1.55. The Balaban J connectivity index is 1.58. The lowest BCUT2D eigenvalue weighted by Crippen LogP contribution is -2.08. The molecule has 6 nitrogen and oxygen atoms in total. The summed E-state index contributed by atoms with van der Waals surface area (Å²) < 4.78 is 38.4. The molecule has 0 aromatic carbocycles. The van der Waals surface area contributed by atoms with E-state index in [0.717, 1.165) is 31.7 Å². The van der Waals surface area contributed by atoms with Gasteiger partial charge in [-0.15, -0.1) is 0 Å². The third kappa shape index (κ3) is 4.27. The maximum absolute atomic E-state index is 12.9. The number of alkyl halides is 2.